The molecule has 0 fully saturated rings. The summed E-state index contributed by atoms with van der Waals surface area (Å²) in [4.78, 5) is 0. The molecule has 2 N–H and O–H groups in total. The van der Waals surface area contributed by atoms with Crippen molar-refractivity contribution < 1.29 is 9.84 Å². The van der Waals surface area contributed by atoms with Crippen molar-refractivity contribution in [2.45, 2.75) is 38.8 Å². The number of hydrogen-bond acceptors (Lipinski definition) is 3. The lowest BCUT2D eigenvalue weighted by Crippen LogP contribution is -2.30. The highest BCUT2D eigenvalue weighted by Crippen LogP contribution is 2.20. The molecule has 0 aliphatic rings. The van der Waals surface area contributed by atoms with Gasteiger partial charge in [-0.15, -0.1) is 0 Å². The molecule has 0 saturated heterocycles. The minimum atomic E-state index is 0.229. The average molecular weight is 237 g/mol. The fourth-order valence-corrected chi connectivity index (χ4v) is 1.91. The summed E-state index contributed by atoms with van der Waals surface area (Å²) in [5.41, 5.74) is 1.26. The number of hydrogen-bond donors (Lipinski definition) is 2. The first kappa shape index (κ1) is 14.0. The van der Waals surface area contributed by atoms with Crippen LogP contribution in [0.25, 0.3) is 0 Å². The van der Waals surface area contributed by atoms with Crippen LogP contribution >= 0.6 is 0 Å². The summed E-state index contributed by atoms with van der Waals surface area (Å²) < 4.78 is 5.15. The van der Waals surface area contributed by atoms with Gasteiger partial charge in [0.2, 0.25) is 0 Å². The van der Waals surface area contributed by atoms with Crippen LogP contribution in [0.5, 0.6) is 5.75 Å². The van der Waals surface area contributed by atoms with Crippen molar-refractivity contribution in [1.82, 2.24) is 5.32 Å². The van der Waals surface area contributed by atoms with Crippen molar-refractivity contribution in [1.29, 1.82) is 0 Å². The van der Waals surface area contributed by atoms with E-state index >= 15 is 0 Å². The lowest BCUT2D eigenvalue weighted by molar-refractivity contribution is 0.262. The Morgan fingerprint density at radius 1 is 1.29 bits per heavy atom. The highest BCUT2D eigenvalue weighted by molar-refractivity contribution is 5.29. The highest BCUT2D eigenvalue weighted by atomic mass is 16.5. The van der Waals surface area contributed by atoms with Crippen LogP contribution in [0.3, 0.4) is 0 Å². The predicted octanol–water partition coefficient (Wildman–Crippen LogP) is 2.51. The third-order valence-electron chi connectivity index (χ3n) is 2.97. The maximum absolute atomic E-state index is 8.90. The minimum Gasteiger partial charge on any atom is -0.497 e. The Labute approximate surface area is 104 Å². The molecule has 0 saturated carbocycles. The first-order chi connectivity index (χ1) is 8.21. The summed E-state index contributed by atoms with van der Waals surface area (Å²) >= 11 is 0. The van der Waals surface area contributed by atoms with Crippen LogP contribution in [0.1, 0.15) is 38.3 Å². The van der Waals surface area contributed by atoms with E-state index in [1.807, 2.05) is 12.1 Å². The van der Waals surface area contributed by atoms with E-state index in [0.29, 0.717) is 12.1 Å². The molecule has 2 unspecified atom stereocenters. The van der Waals surface area contributed by atoms with Gasteiger partial charge in [0.1, 0.15) is 5.75 Å². The molecule has 0 bridgehead atoms. The Morgan fingerprint density at radius 2 is 1.94 bits per heavy atom. The van der Waals surface area contributed by atoms with Crippen LogP contribution < -0.4 is 10.1 Å². The third-order valence-corrected chi connectivity index (χ3v) is 2.97. The van der Waals surface area contributed by atoms with E-state index in [1.165, 1.54) is 5.56 Å². The fourth-order valence-electron chi connectivity index (χ4n) is 1.91. The molecule has 0 aliphatic heterocycles. The van der Waals surface area contributed by atoms with E-state index in [-0.39, 0.29) is 6.61 Å². The van der Waals surface area contributed by atoms with Gasteiger partial charge in [-0.2, -0.15) is 0 Å². The summed E-state index contributed by atoms with van der Waals surface area (Å²) in [5, 5.41) is 12.4. The zero-order chi connectivity index (χ0) is 12.7. The Morgan fingerprint density at radius 3 is 2.41 bits per heavy atom. The monoisotopic (exact) mass is 237 g/mol. The average Bonchev–Trinajstić information content (AvgIpc) is 2.36. The molecule has 0 aromatic heterocycles. The normalized spacial score (nSPS) is 14.4. The molecule has 3 nitrogen and oxygen atoms in total. The molecule has 0 radical (unpaired) electrons. The summed E-state index contributed by atoms with van der Waals surface area (Å²) in [6.07, 6.45) is 1.81. The van der Waals surface area contributed by atoms with E-state index in [2.05, 4.69) is 31.3 Å². The van der Waals surface area contributed by atoms with Crippen molar-refractivity contribution >= 4 is 0 Å². The van der Waals surface area contributed by atoms with Gasteiger partial charge in [0.25, 0.3) is 0 Å². The van der Waals surface area contributed by atoms with Crippen LogP contribution in [0.2, 0.25) is 0 Å². The fraction of sp³-hybridized carbons (Fsp3) is 0.571. The summed E-state index contributed by atoms with van der Waals surface area (Å²) in [5.74, 6) is 0.881. The lowest BCUT2D eigenvalue weighted by atomic mass is 10.0. The Hall–Kier alpha value is -1.06. The molecule has 1 rings (SSSR count). The molecule has 0 heterocycles. The largest absolute Gasteiger partial charge is 0.497 e. The zero-order valence-corrected chi connectivity index (χ0v) is 10.9. The second-order valence-corrected chi connectivity index (χ2v) is 4.31. The number of aliphatic hydroxyl groups excluding tert-OH is 1. The molecule has 0 amide bonds. The van der Waals surface area contributed by atoms with Gasteiger partial charge in [0.15, 0.2) is 0 Å². The summed E-state index contributed by atoms with van der Waals surface area (Å²) in [7, 11) is 1.67. The molecule has 0 aliphatic carbocycles. The van der Waals surface area contributed by atoms with Crippen LogP contribution in [0.4, 0.5) is 0 Å². The number of rotatable bonds is 7. The number of benzene rings is 1. The second-order valence-electron chi connectivity index (χ2n) is 4.31. The van der Waals surface area contributed by atoms with E-state index in [1.54, 1.807) is 7.11 Å². The molecular formula is C14H23NO2. The molecule has 1 aromatic rings. The molecule has 96 valence electrons. The Bertz CT molecular complexity index is 311. The van der Waals surface area contributed by atoms with Crippen molar-refractivity contribution in [3.05, 3.63) is 29.8 Å². The van der Waals surface area contributed by atoms with Gasteiger partial charge in [0.05, 0.1) is 7.11 Å². The van der Waals surface area contributed by atoms with Crippen LogP contribution in [-0.2, 0) is 0 Å². The number of ether oxygens (including phenoxy) is 1. The molecule has 0 spiro atoms. The molecule has 1 aromatic carbocycles. The topological polar surface area (TPSA) is 41.5 Å². The van der Waals surface area contributed by atoms with Gasteiger partial charge >= 0.3 is 0 Å². The van der Waals surface area contributed by atoms with E-state index in [4.69, 9.17) is 9.84 Å². The molecule has 3 heteroatoms. The van der Waals surface area contributed by atoms with Gasteiger partial charge in [-0.3, -0.25) is 0 Å². The predicted molar refractivity (Wildman–Crippen MR) is 70.3 cm³/mol. The van der Waals surface area contributed by atoms with Crippen LogP contribution in [0, 0.1) is 0 Å². The maximum Gasteiger partial charge on any atom is 0.118 e. The molecule has 2 atom stereocenters. The lowest BCUT2D eigenvalue weighted by Gasteiger charge is -2.22. The van der Waals surface area contributed by atoms with E-state index < -0.39 is 0 Å². The quantitative estimate of drug-likeness (QED) is 0.765. The summed E-state index contributed by atoms with van der Waals surface area (Å²) in [6, 6.07) is 8.80. The second kappa shape index (κ2) is 7.30. The maximum atomic E-state index is 8.90. The van der Waals surface area contributed by atoms with E-state index in [0.717, 1.165) is 18.6 Å². The van der Waals surface area contributed by atoms with Gasteiger partial charge in [-0.1, -0.05) is 19.1 Å². The number of aliphatic hydroxyl groups is 1. The van der Waals surface area contributed by atoms with Crippen LogP contribution in [0.15, 0.2) is 24.3 Å². The first-order valence-electron chi connectivity index (χ1n) is 6.22. The third kappa shape index (κ3) is 4.36. The van der Waals surface area contributed by atoms with Crippen molar-refractivity contribution in [2.75, 3.05) is 13.7 Å². The van der Waals surface area contributed by atoms with Crippen LogP contribution in [-0.4, -0.2) is 24.9 Å². The molecular weight excluding hydrogens is 214 g/mol. The Balaban J connectivity index is 2.65. The van der Waals surface area contributed by atoms with E-state index in [9.17, 15) is 0 Å². The summed E-state index contributed by atoms with van der Waals surface area (Å²) in [6.45, 7) is 4.49. The zero-order valence-electron chi connectivity index (χ0n) is 10.9. The van der Waals surface area contributed by atoms with Gasteiger partial charge in [-0.05, 0) is 37.5 Å². The Kier molecular flexibility index (Phi) is 6.01. The highest BCUT2D eigenvalue weighted by Gasteiger charge is 2.12. The van der Waals surface area contributed by atoms with Gasteiger partial charge < -0.3 is 15.2 Å². The minimum absolute atomic E-state index is 0.229. The van der Waals surface area contributed by atoms with Gasteiger partial charge in [0, 0.05) is 18.7 Å². The molecule has 17 heavy (non-hydrogen) atoms. The van der Waals surface area contributed by atoms with Gasteiger partial charge in [-0.25, -0.2) is 0 Å². The smallest absolute Gasteiger partial charge is 0.118 e. The number of nitrogens with one attached hydrogen (secondary N) is 1. The van der Waals surface area contributed by atoms with Crippen molar-refractivity contribution in [3.63, 3.8) is 0 Å². The van der Waals surface area contributed by atoms with Crippen molar-refractivity contribution in [3.8, 4) is 5.75 Å². The SMILES string of the molecule is CCC(NC(C)CCO)c1ccc(OC)cc1. The number of methoxy groups -OCH3 is 1. The standard InChI is InChI=1S/C14H23NO2/c1-4-14(15-11(2)9-10-16)12-5-7-13(17-3)8-6-12/h5-8,11,14-16H,4,9-10H2,1-3H3. The first-order valence-corrected chi connectivity index (χ1v) is 6.22. The van der Waals surface area contributed by atoms with Crippen molar-refractivity contribution in [2.24, 2.45) is 0 Å².